The molecular weight excluding hydrogens is 358 g/mol. The summed E-state index contributed by atoms with van der Waals surface area (Å²) >= 11 is 0. The summed E-state index contributed by atoms with van der Waals surface area (Å²) in [5.41, 5.74) is 3.87. The van der Waals surface area contributed by atoms with Crippen LogP contribution in [0.1, 0.15) is 16.7 Å². The molecule has 0 saturated carbocycles. The molecule has 0 bridgehead atoms. The lowest BCUT2D eigenvalue weighted by Gasteiger charge is -2.07. The number of nitrogens with one attached hydrogen (secondary N) is 2. The van der Waals surface area contributed by atoms with E-state index in [1.807, 2.05) is 56.3 Å². The highest BCUT2D eigenvalue weighted by molar-refractivity contribution is 6.31. The van der Waals surface area contributed by atoms with Crippen LogP contribution in [0.15, 0.2) is 47.6 Å². The highest BCUT2D eigenvalue weighted by Gasteiger charge is 2.04. The highest BCUT2D eigenvalue weighted by Crippen LogP contribution is 2.15. The summed E-state index contributed by atoms with van der Waals surface area (Å²) in [4.78, 5) is 28.4. The molecule has 0 atom stereocenters. The normalized spacial score (nSPS) is 10.5. The molecule has 0 aliphatic heterocycles. The van der Waals surface area contributed by atoms with Gasteiger partial charge in [0.1, 0.15) is 12.0 Å². The van der Waals surface area contributed by atoms with Crippen LogP contribution in [0.2, 0.25) is 0 Å². The van der Waals surface area contributed by atoms with Gasteiger partial charge in [0.05, 0.1) is 7.11 Å². The summed E-state index contributed by atoms with van der Waals surface area (Å²) in [5.74, 6) is 0.0629. The number of benzene rings is 2. The molecule has 0 aliphatic rings. The Bertz CT molecular complexity index is 832. The van der Waals surface area contributed by atoms with Crippen LogP contribution in [0.4, 0.5) is 5.69 Å². The van der Waals surface area contributed by atoms with Crippen molar-refractivity contribution >= 4 is 23.7 Å². The number of ether oxygens (including phenoxy) is 1. The molecule has 0 unspecified atom stereocenters. The lowest BCUT2D eigenvalue weighted by molar-refractivity contribution is -0.125. The zero-order valence-electron chi connectivity index (χ0n) is 16.3. The van der Waals surface area contributed by atoms with Crippen LogP contribution < -0.4 is 15.4 Å². The van der Waals surface area contributed by atoms with E-state index in [0.717, 1.165) is 28.7 Å². The second-order valence-corrected chi connectivity index (χ2v) is 6.26. The van der Waals surface area contributed by atoms with E-state index in [1.165, 1.54) is 0 Å². The maximum atomic E-state index is 11.8. The molecule has 28 heavy (non-hydrogen) atoms. The number of methoxy groups -OCH3 is 1. The number of anilines is 1. The van der Waals surface area contributed by atoms with E-state index in [9.17, 15) is 9.59 Å². The Morgan fingerprint density at radius 1 is 1.11 bits per heavy atom. The van der Waals surface area contributed by atoms with E-state index >= 15 is 0 Å². The number of carbonyl (C=O) groups excluding carboxylic acids is 2. The predicted molar refractivity (Wildman–Crippen MR) is 109 cm³/mol. The largest absolute Gasteiger partial charge is 0.497 e. The molecule has 7 nitrogen and oxygen atoms in total. The van der Waals surface area contributed by atoms with Crippen molar-refractivity contribution in [3.8, 4) is 5.75 Å². The monoisotopic (exact) mass is 383 g/mol. The predicted octanol–water partition coefficient (Wildman–Crippen LogP) is 2.61. The third-order valence-electron chi connectivity index (χ3n) is 3.97. The van der Waals surface area contributed by atoms with E-state index in [1.54, 1.807) is 7.11 Å². The van der Waals surface area contributed by atoms with Crippen molar-refractivity contribution in [3.63, 3.8) is 0 Å². The number of hydrogen-bond donors (Lipinski definition) is 2. The lowest BCUT2D eigenvalue weighted by atomic mass is 10.1. The molecule has 2 rings (SSSR count). The number of oxime groups is 1. The second kappa shape index (κ2) is 10.7. The number of hydrogen-bond acceptors (Lipinski definition) is 5. The average Bonchev–Trinajstić information content (AvgIpc) is 2.68. The summed E-state index contributed by atoms with van der Waals surface area (Å²) in [6, 6.07) is 13.3. The Labute approximate surface area is 164 Å². The summed E-state index contributed by atoms with van der Waals surface area (Å²) in [6.45, 7) is 4.11. The van der Waals surface area contributed by atoms with Gasteiger partial charge in [-0.05, 0) is 49.6 Å². The number of carbonyl (C=O) groups is 2. The molecule has 2 amide bonds. The third-order valence-corrected chi connectivity index (χ3v) is 3.97. The number of rotatable bonds is 9. The van der Waals surface area contributed by atoms with Gasteiger partial charge in [-0.2, -0.15) is 0 Å². The fourth-order valence-corrected chi connectivity index (χ4v) is 2.49. The number of aryl methyl sites for hydroxylation is 2. The fraction of sp³-hybridized carbons (Fsp3) is 0.286. The van der Waals surface area contributed by atoms with Crippen molar-refractivity contribution < 1.29 is 19.2 Å². The molecule has 0 saturated heterocycles. The van der Waals surface area contributed by atoms with Crippen molar-refractivity contribution in [1.82, 2.24) is 5.32 Å². The average molecular weight is 383 g/mol. The zero-order chi connectivity index (χ0) is 20.4. The van der Waals surface area contributed by atoms with Crippen molar-refractivity contribution in [3.05, 3.63) is 59.2 Å². The lowest BCUT2D eigenvalue weighted by Crippen LogP contribution is -2.29. The Hall–Kier alpha value is -3.35. The molecule has 0 spiro atoms. The van der Waals surface area contributed by atoms with Crippen LogP contribution in [-0.4, -0.2) is 38.3 Å². The van der Waals surface area contributed by atoms with Crippen LogP contribution >= 0.6 is 0 Å². The smallest absolute Gasteiger partial charge is 0.270 e. The minimum Gasteiger partial charge on any atom is -0.497 e. The number of amides is 2. The second-order valence-electron chi connectivity index (χ2n) is 6.26. The fourth-order valence-electron chi connectivity index (χ4n) is 2.49. The van der Waals surface area contributed by atoms with Gasteiger partial charge in [-0.1, -0.05) is 35.0 Å². The van der Waals surface area contributed by atoms with Crippen LogP contribution in [-0.2, 0) is 20.8 Å². The highest BCUT2D eigenvalue weighted by atomic mass is 16.6. The van der Waals surface area contributed by atoms with Gasteiger partial charge in [0.15, 0.2) is 6.61 Å². The summed E-state index contributed by atoms with van der Waals surface area (Å²) in [5, 5.41) is 8.97. The van der Waals surface area contributed by atoms with Gasteiger partial charge in [0.25, 0.3) is 11.8 Å². The van der Waals surface area contributed by atoms with Crippen LogP contribution in [0.3, 0.4) is 0 Å². The maximum Gasteiger partial charge on any atom is 0.270 e. The standard InChI is InChI=1S/C21H25N3O4/c1-15-4-9-19(16(2)12-15)24-20(25)13-23-28-14-21(26)22-11-10-17-5-7-18(27-3)8-6-17/h4-9,12-13H,10-11,14H2,1-3H3,(H,22,26)(H,24,25)/b23-13-. The van der Waals surface area contributed by atoms with Crippen molar-refractivity contribution in [2.75, 3.05) is 25.6 Å². The number of nitrogens with zero attached hydrogens (tertiary/aromatic N) is 1. The van der Waals surface area contributed by atoms with E-state index in [2.05, 4.69) is 15.8 Å². The topological polar surface area (TPSA) is 89.0 Å². The summed E-state index contributed by atoms with van der Waals surface area (Å²) < 4.78 is 5.10. The van der Waals surface area contributed by atoms with Crippen LogP contribution in [0, 0.1) is 13.8 Å². The first-order valence-corrected chi connectivity index (χ1v) is 8.91. The zero-order valence-corrected chi connectivity index (χ0v) is 16.3. The van der Waals surface area contributed by atoms with Gasteiger partial charge in [-0.3, -0.25) is 9.59 Å². The maximum absolute atomic E-state index is 11.8. The van der Waals surface area contributed by atoms with Crippen molar-refractivity contribution in [2.24, 2.45) is 5.16 Å². The molecule has 0 aromatic heterocycles. The first-order chi connectivity index (χ1) is 13.5. The molecule has 0 radical (unpaired) electrons. The molecule has 2 aromatic carbocycles. The van der Waals surface area contributed by atoms with E-state index in [-0.39, 0.29) is 12.5 Å². The van der Waals surface area contributed by atoms with Gasteiger partial charge < -0.3 is 20.2 Å². The van der Waals surface area contributed by atoms with Gasteiger partial charge in [0.2, 0.25) is 0 Å². The van der Waals surface area contributed by atoms with Crippen LogP contribution in [0.25, 0.3) is 0 Å². The molecule has 0 heterocycles. The van der Waals surface area contributed by atoms with Crippen LogP contribution in [0.5, 0.6) is 5.75 Å². The van der Waals surface area contributed by atoms with E-state index in [0.29, 0.717) is 18.7 Å². The molecule has 2 N–H and O–H groups in total. The summed E-state index contributed by atoms with van der Waals surface area (Å²) in [7, 11) is 1.62. The van der Waals surface area contributed by atoms with Gasteiger partial charge in [-0.15, -0.1) is 0 Å². The Balaban J connectivity index is 1.64. The third kappa shape index (κ3) is 7.11. The minimum absolute atomic E-state index is 0.254. The Kier molecular flexibility index (Phi) is 8.02. The molecular formula is C21H25N3O4. The van der Waals surface area contributed by atoms with Gasteiger partial charge in [0, 0.05) is 12.2 Å². The van der Waals surface area contributed by atoms with Crippen molar-refractivity contribution in [2.45, 2.75) is 20.3 Å². The molecule has 0 fully saturated rings. The summed E-state index contributed by atoms with van der Waals surface area (Å²) in [6.07, 6.45) is 1.70. The first-order valence-electron chi connectivity index (χ1n) is 8.91. The minimum atomic E-state index is -0.424. The molecule has 2 aromatic rings. The SMILES string of the molecule is COc1ccc(CCNC(=O)CO/N=C\C(=O)Nc2ccc(C)cc2C)cc1. The molecule has 0 aliphatic carbocycles. The van der Waals surface area contributed by atoms with Gasteiger partial charge >= 0.3 is 0 Å². The Morgan fingerprint density at radius 3 is 2.54 bits per heavy atom. The van der Waals surface area contributed by atoms with Gasteiger partial charge in [-0.25, -0.2) is 0 Å². The van der Waals surface area contributed by atoms with E-state index < -0.39 is 5.91 Å². The molecule has 7 heteroatoms. The Morgan fingerprint density at radius 2 is 1.86 bits per heavy atom. The first kappa shape index (κ1) is 21.0. The molecule has 148 valence electrons. The quantitative estimate of drug-likeness (QED) is 0.515. The van der Waals surface area contributed by atoms with E-state index in [4.69, 9.17) is 9.57 Å². The van der Waals surface area contributed by atoms with Crippen molar-refractivity contribution in [1.29, 1.82) is 0 Å².